The molecule has 0 saturated carbocycles. The molecule has 21 heavy (non-hydrogen) atoms. The Balaban J connectivity index is 3.56. The molecule has 0 heterocycles. The van der Waals surface area contributed by atoms with Crippen LogP contribution in [0.25, 0.3) is 10.4 Å². The number of rotatable bonds is 4. The van der Waals surface area contributed by atoms with Crippen LogP contribution in [0.15, 0.2) is 34.3 Å². The number of hydrogen-bond acceptors (Lipinski definition) is 5. The van der Waals surface area contributed by atoms with E-state index in [0.29, 0.717) is 5.56 Å². The zero-order valence-corrected chi connectivity index (χ0v) is 11.9. The Kier molecular flexibility index (Phi) is 4.56. The van der Waals surface area contributed by atoms with Crippen LogP contribution in [0.2, 0.25) is 0 Å². The molecular weight excluding hydrogens is 335 g/mol. The molecule has 0 amide bonds. The molecule has 1 unspecified atom stereocenters. The molecule has 0 N–H and O–H groups in total. The summed E-state index contributed by atoms with van der Waals surface area (Å²) < 4.78 is 80.6. The lowest BCUT2D eigenvalue weighted by atomic mass is 10.2. The third kappa shape index (κ3) is 3.28. The van der Waals surface area contributed by atoms with E-state index in [4.69, 9.17) is 5.53 Å². The van der Waals surface area contributed by atoms with Gasteiger partial charge in [0.25, 0.3) is 14.5 Å². The highest BCUT2D eigenvalue weighted by Gasteiger charge is 2.55. The van der Waals surface area contributed by atoms with Crippen LogP contribution in [0.3, 0.4) is 0 Å². The minimum atomic E-state index is -6.23. The summed E-state index contributed by atoms with van der Waals surface area (Å²) in [5.41, 5.74) is 2.92. The molecule has 1 aromatic rings. The van der Waals surface area contributed by atoms with Crippen molar-refractivity contribution in [2.24, 2.45) is 5.11 Å². The Morgan fingerprint density at radius 1 is 1.14 bits per heavy atom. The lowest BCUT2D eigenvalue weighted by Crippen LogP contribution is -2.38. The van der Waals surface area contributed by atoms with Gasteiger partial charge in [-0.15, -0.1) is 0 Å². The number of benzene rings is 1. The van der Waals surface area contributed by atoms with Gasteiger partial charge in [-0.05, 0) is 24.6 Å². The van der Waals surface area contributed by atoms with Crippen LogP contribution in [-0.2, 0) is 19.7 Å². The van der Waals surface area contributed by atoms with Gasteiger partial charge in [-0.1, -0.05) is 22.8 Å². The van der Waals surface area contributed by atoms with Gasteiger partial charge < -0.3 is 0 Å². The van der Waals surface area contributed by atoms with E-state index in [9.17, 15) is 30.0 Å². The van der Waals surface area contributed by atoms with Gasteiger partial charge in [-0.3, -0.25) is 0 Å². The third-order valence-corrected chi connectivity index (χ3v) is 6.69. The highest BCUT2D eigenvalue weighted by molar-refractivity contribution is 8.09. The molecule has 7 nitrogen and oxygen atoms in total. The largest absolute Gasteiger partial charge is 0.498 e. The fourth-order valence-electron chi connectivity index (χ4n) is 1.29. The molecule has 1 rings (SSSR count). The fraction of sp³-hybridized carbons (Fsp3) is 0.333. The van der Waals surface area contributed by atoms with Gasteiger partial charge in [0.2, 0.25) is 9.84 Å². The summed E-state index contributed by atoms with van der Waals surface area (Å²) >= 11 is 0. The van der Waals surface area contributed by atoms with Crippen molar-refractivity contribution in [3.05, 3.63) is 40.3 Å². The summed E-state index contributed by atoms with van der Waals surface area (Å²) in [6.45, 7) is 1.59. The maximum Gasteiger partial charge on any atom is 0.498 e. The molecule has 0 spiro atoms. The minimum absolute atomic E-state index is 0.605. The van der Waals surface area contributed by atoms with Crippen LogP contribution in [0, 0.1) is 6.92 Å². The second-order valence-electron chi connectivity index (χ2n) is 3.86. The van der Waals surface area contributed by atoms with Gasteiger partial charge in [0.15, 0.2) is 0 Å². The summed E-state index contributed by atoms with van der Waals surface area (Å²) in [5, 5.41) is 2.32. The van der Waals surface area contributed by atoms with E-state index in [1.807, 2.05) is 4.91 Å². The van der Waals surface area contributed by atoms with Crippen molar-refractivity contribution in [1.29, 1.82) is 0 Å². The lowest BCUT2D eigenvalue weighted by Gasteiger charge is -2.15. The number of aryl methyl sites for hydroxylation is 1. The quantitative estimate of drug-likeness (QED) is 0.473. The number of hydrogen-bond donors (Lipinski definition) is 0. The van der Waals surface area contributed by atoms with Gasteiger partial charge in [-0.25, -0.2) is 16.8 Å². The lowest BCUT2D eigenvalue weighted by molar-refractivity contribution is -0.0438. The summed E-state index contributed by atoms with van der Waals surface area (Å²) in [6.07, 6.45) is 0. The second kappa shape index (κ2) is 5.54. The molecule has 0 aromatic heterocycles. The van der Waals surface area contributed by atoms with E-state index < -0.39 is 34.8 Å². The van der Waals surface area contributed by atoms with E-state index in [2.05, 4.69) is 5.11 Å². The predicted molar refractivity (Wildman–Crippen MR) is 66.3 cm³/mol. The topological polar surface area (TPSA) is 117 Å². The standard InChI is InChI=1S/C9H8F3N3O4S2/c1-6-2-4-7(5-3-6)20(16,17)8(14-15-13)21(18,19)9(10,11)12/h2-5,8H,1H3. The van der Waals surface area contributed by atoms with E-state index in [0.717, 1.165) is 12.1 Å². The molecule has 0 radical (unpaired) electrons. The first-order valence-corrected chi connectivity index (χ1v) is 8.19. The zero-order valence-electron chi connectivity index (χ0n) is 10.3. The van der Waals surface area contributed by atoms with Gasteiger partial charge in [0, 0.05) is 4.91 Å². The van der Waals surface area contributed by atoms with Crippen molar-refractivity contribution in [2.45, 2.75) is 22.0 Å². The van der Waals surface area contributed by atoms with Crippen molar-refractivity contribution in [2.75, 3.05) is 0 Å². The monoisotopic (exact) mass is 343 g/mol. The Hall–Kier alpha value is -1.78. The molecular formula is C9H8F3N3O4S2. The van der Waals surface area contributed by atoms with Crippen molar-refractivity contribution in [3.8, 4) is 0 Å². The van der Waals surface area contributed by atoms with Crippen LogP contribution >= 0.6 is 0 Å². The number of alkyl halides is 3. The molecule has 1 atom stereocenters. The molecule has 0 aliphatic heterocycles. The number of nitrogens with zero attached hydrogens (tertiary/aromatic N) is 3. The Morgan fingerprint density at radius 2 is 1.62 bits per heavy atom. The first-order chi connectivity index (χ1) is 9.44. The normalized spacial score (nSPS) is 14.3. The predicted octanol–water partition coefficient (Wildman–Crippen LogP) is 2.30. The summed E-state index contributed by atoms with van der Waals surface area (Å²) in [5.74, 6) is 0. The zero-order chi connectivity index (χ0) is 16.5. The maximum absolute atomic E-state index is 12.5. The van der Waals surface area contributed by atoms with Gasteiger partial charge >= 0.3 is 5.51 Å². The Bertz CT molecular complexity index is 779. The third-order valence-electron chi connectivity index (χ3n) is 2.35. The number of azide groups is 1. The molecule has 0 fully saturated rings. The summed E-state index contributed by atoms with van der Waals surface area (Å²) in [6, 6.07) is 4.38. The number of sulfone groups is 2. The average Bonchev–Trinajstić information content (AvgIpc) is 2.34. The van der Waals surface area contributed by atoms with Crippen LogP contribution in [0.1, 0.15) is 5.56 Å². The SMILES string of the molecule is Cc1ccc(S(=O)(=O)C(N=[N+]=[N-])S(=O)(=O)C(F)(F)F)cc1. The van der Waals surface area contributed by atoms with Gasteiger partial charge in [0.1, 0.15) is 0 Å². The van der Waals surface area contributed by atoms with E-state index in [1.54, 1.807) is 6.92 Å². The van der Waals surface area contributed by atoms with Crippen molar-refractivity contribution in [3.63, 3.8) is 0 Å². The summed E-state index contributed by atoms with van der Waals surface area (Å²) in [4.78, 5) is 1.20. The van der Waals surface area contributed by atoms with Gasteiger partial charge in [-0.2, -0.15) is 13.2 Å². The Morgan fingerprint density at radius 3 is 2.00 bits per heavy atom. The maximum atomic E-state index is 12.5. The van der Waals surface area contributed by atoms with Crippen LogP contribution in [-0.4, -0.2) is 27.0 Å². The smallest absolute Gasteiger partial charge is 0.222 e. The first-order valence-electron chi connectivity index (χ1n) is 5.09. The fourth-order valence-corrected chi connectivity index (χ4v) is 4.60. The minimum Gasteiger partial charge on any atom is -0.222 e. The van der Waals surface area contributed by atoms with Gasteiger partial charge in [0.05, 0.1) is 4.90 Å². The van der Waals surface area contributed by atoms with Crippen LogP contribution in [0.5, 0.6) is 0 Å². The highest BCUT2D eigenvalue weighted by Crippen LogP contribution is 2.33. The molecule has 1 aromatic carbocycles. The molecule has 0 aliphatic rings. The van der Waals surface area contributed by atoms with Crippen LogP contribution < -0.4 is 0 Å². The van der Waals surface area contributed by atoms with Crippen molar-refractivity contribution < 1.29 is 30.0 Å². The van der Waals surface area contributed by atoms with E-state index in [1.165, 1.54) is 12.1 Å². The molecule has 0 aliphatic carbocycles. The highest BCUT2D eigenvalue weighted by atomic mass is 32.3. The van der Waals surface area contributed by atoms with Crippen molar-refractivity contribution >= 4 is 19.7 Å². The molecule has 116 valence electrons. The molecule has 0 saturated heterocycles. The number of halogens is 3. The van der Waals surface area contributed by atoms with Crippen molar-refractivity contribution in [1.82, 2.24) is 0 Å². The van der Waals surface area contributed by atoms with Crippen LogP contribution in [0.4, 0.5) is 13.2 Å². The van der Waals surface area contributed by atoms with E-state index in [-0.39, 0.29) is 0 Å². The van der Waals surface area contributed by atoms with E-state index >= 15 is 0 Å². The second-order valence-corrected chi connectivity index (χ2v) is 8.17. The molecule has 12 heteroatoms. The summed E-state index contributed by atoms with van der Waals surface area (Å²) in [7, 11) is -11.3. The Labute approximate surface area is 117 Å². The molecule has 0 bridgehead atoms. The first kappa shape index (κ1) is 17.3. The average molecular weight is 343 g/mol.